The summed E-state index contributed by atoms with van der Waals surface area (Å²) in [4.78, 5) is 34.5. The molecule has 4 rings (SSSR count). The average Bonchev–Trinajstić information content (AvgIpc) is 3.34. The van der Waals surface area contributed by atoms with E-state index < -0.39 is 0 Å². The molecule has 0 unspecified atom stereocenters. The maximum absolute atomic E-state index is 12.9. The topological polar surface area (TPSA) is 47.1 Å². The lowest BCUT2D eigenvalue weighted by Crippen LogP contribution is -2.52. The summed E-state index contributed by atoms with van der Waals surface area (Å²) in [6.45, 7) is 5.81. The van der Waals surface area contributed by atoms with Crippen LogP contribution >= 0.6 is 11.3 Å². The van der Waals surface area contributed by atoms with Gasteiger partial charge in [0.25, 0.3) is 5.91 Å². The van der Waals surface area contributed by atoms with Crippen LogP contribution in [0.25, 0.3) is 0 Å². The molecule has 2 fully saturated rings. The second-order valence-corrected chi connectivity index (χ2v) is 9.45. The van der Waals surface area contributed by atoms with Crippen molar-refractivity contribution in [2.24, 2.45) is 0 Å². The van der Waals surface area contributed by atoms with Crippen molar-refractivity contribution in [3.8, 4) is 0 Å². The molecule has 0 N–H and O–H groups in total. The molecule has 2 amide bonds. The van der Waals surface area contributed by atoms with Gasteiger partial charge in [-0.1, -0.05) is 24.3 Å². The minimum atomic E-state index is 0.0773. The van der Waals surface area contributed by atoms with Crippen LogP contribution in [0, 0.1) is 0 Å². The number of benzene rings is 1. The second kappa shape index (κ2) is 10.3. The van der Waals surface area contributed by atoms with Gasteiger partial charge < -0.3 is 14.7 Å². The number of likely N-dealkylation sites (N-methyl/N-ethyl adjacent to an activating group) is 1. The van der Waals surface area contributed by atoms with E-state index in [1.54, 1.807) is 0 Å². The number of nitrogens with zero attached hydrogens (tertiary/aromatic N) is 4. The number of piperidine rings is 1. The summed E-state index contributed by atoms with van der Waals surface area (Å²) in [5.41, 5.74) is 2.59. The number of hydrogen-bond donors (Lipinski definition) is 0. The lowest BCUT2D eigenvalue weighted by molar-refractivity contribution is -0.133. The number of rotatable bonds is 6. The second-order valence-electron chi connectivity index (χ2n) is 8.50. The van der Waals surface area contributed by atoms with E-state index in [0.717, 1.165) is 24.5 Å². The first-order valence-corrected chi connectivity index (χ1v) is 12.1. The molecule has 7 heteroatoms. The van der Waals surface area contributed by atoms with Gasteiger partial charge in [-0.2, -0.15) is 0 Å². The number of hydrogen-bond acceptors (Lipinski definition) is 5. The van der Waals surface area contributed by atoms with Crippen LogP contribution in [0.1, 0.15) is 34.5 Å². The highest BCUT2D eigenvalue weighted by atomic mass is 32.1. The van der Waals surface area contributed by atoms with Crippen molar-refractivity contribution in [3.05, 3.63) is 52.2 Å². The van der Waals surface area contributed by atoms with E-state index in [4.69, 9.17) is 0 Å². The Bertz CT molecular complexity index is 871. The van der Waals surface area contributed by atoms with Crippen LogP contribution in [0.4, 0.5) is 5.69 Å². The zero-order valence-electron chi connectivity index (χ0n) is 18.3. The van der Waals surface area contributed by atoms with Crippen molar-refractivity contribution in [1.82, 2.24) is 14.7 Å². The summed E-state index contributed by atoms with van der Waals surface area (Å²) in [6, 6.07) is 12.3. The van der Waals surface area contributed by atoms with E-state index in [9.17, 15) is 9.59 Å². The minimum absolute atomic E-state index is 0.0773. The number of carbonyl (C=O) groups is 2. The first-order chi connectivity index (χ1) is 15.1. The predicted molar refractivity (Wildman–Crippen MR) is 126 cm³/mol. The van der Waals surface area contributed by atoms with Crippen LogP contribution in [0.2, 0.25) is 0 Å². The summed E-state index contributed by atoms with van der Waals surface area (Å²) in [5, 5.41) is 1.92. The first kappa shape index (κ1) is 21.8. The SMILES string of the molecule is CN(CC(=O)N1CCN(C(=O)c2cccs2)CC1)Cc1ccccc1N1CCCCC1. The molecule has 2 aliphatic rings. The molecule has 1 aromatic carbocycles. The fourth-order valence-electron chi connectivity index (χ4n) is 4.48. The average molecular weight is 441 g/mol. The summed E-state index contributed by atoms with van der Waals surface area (Å²) >= 11 is 1.47. The Labute approximate surface area is 189 Å². The van der Waals surface area contributed by atoms with Crippen LogP contribution in [0.5, 0.6) is 0 Å². The van der Waals surface area contributed by atoms with Crippen molar-refractivity contribution in [3.63, 3.8) is 0 Å². The van der Waals surface area contributed by atoms with E-state index in [-0.39, 0.29) is 11.8 Å². The molecule has 0 radical (unpaired) electrons. The Hall–Kier alpha value is -2.38. The van der Waals surface area contributed by atoms with Crippen molar-refractivity contribution in [1.29, 1.82) is 0 Å². The zero-order chi connectivity index (χ0) is 21.6. The van der Waals surface area contributed by atoms with E-state index >= 15 is 0 Å². The lowest BCUT2D eigenvalue weighted by Gasteiger charge is -2.35. The Morgan fingerprint density at radius 1 is 0.903 bits per heavy atom. The van der Waals surface area contributed by atoms with Gasteiger partial charge in [0.05, 0.1) is 11.4 Å². The highest BCUT2D eigenvalue weighted by Crippen LogP contribution is 2.25. The summed E-state index contributed by atoms with van der Waals surface area (Å²) in [7, 11) is 2.02. The molecule has 2 aromatic rings. The van der Waals surface area contributed by atoms with Crippen molar-refractivity contribution in [2.75, 3.05) is 57.8 Å². The Kier molecular flexibility index (Phi) is 7.25. The molecule has 166 valence electrons. The van der Waals surface area contributed by atoms with E-state index in [2.05, 4.69) is 34.1 Å². The molecule has 1 aromatic heterocycles. The highest BCUT2D eigenvalue weighted by Gasteiger charge is 2.26. The monoisotopic (exact) mass is 440 g/mol. The fourth-order valence-corrected chi connectivity index (χ4v) is 5.17. The smallest absolute Gasteiger partial charge is 0.264 e. The predicted octanol–water partition coefficient (Wildman–Crippen LogP) is 3.15. The minimum Gasteiger partial charge on any atom is -0.371 e. The number of amides is 2. The van der Waals surface area contributed by atoms with Gasteiger partial charge in [0.2, 0.25) is 5.91 Å². The van der Waals surface area contributed by atoms with Gasteiger partial charge in [0.1, 0.15) is 0 Å². The maximum atomic E-state index is 12.9. The first-order valence-electron chi connectivity index (χ1n) is 11.2. The van der Waals surface area contributed by atoms with Crippen LogP contribution < -0.4 is 4.90 Å². The van der Waals surface area contributed by atoms with Crippen molar-refractivity contribution < 1.29 is 9.59 Å². The number of piperazine rings is 1. The molecular formula is C24H32N4O2S. The molecule has 3 heterocycles. The van der Waals surface area contributed by atoms with Gasteiger partial charge in [-0.05, 0) is 49.4 Å². The highest BCUT2D eigenvalue weighted by molar-refractivity contribution is 7.12. The number of thiophene rings is 1. The van der Waals surface area contributed by atoms with E-state index in [1.165, 1.54) is 41.9 Å². The Morgan fingerprint density at radius 3 is 2.32 bits per heavy atom. The van der Waals surface area contributed by atoms with Crippen LogP contribution in [-0.2, 0) is 11.3 Å². The molecule has 0 bridgehead atoms. The van der Waals surface area contributed by atoms with E-state index in [1.807, 2.05) is 34.4 Å². The van der Waals surface area contributed by atoms with Gasteiger partial charge >= 0.3 is 0 Å². The van der Waals surface area contributed by atoms with E-state index in [0.29, 0.717) is 32.7 Å². The summed E-state index contributed by atoms with van der Waals surface area (Å²) in [5.74, 6) is 0.217. The largest absolute Gasteiger partial charge is 0.371 e. The maximum Gasteiger partial charge on any atom is 0.264 e. The molecular weight excluding hydrogens is 408 g/mol. The van der Waals surface area contributed by atoms with Crippen molar-refractivity contribution >= 4 is 28.8 Å². The van der Waals surface area contributed by atoms with Gasteiger partial charge in [-0.3, -0.25) is 14.5 Å². The molecule has 2 aliphatic heterocycles. The van der Waals surface area contributed by atoms with Crippen LogP contribution in [0.3, 0.4) is 0 Å². The third-order valence-electron chi connectivity index (χ3n) is 6.19. The van der Waals surface area contributed by atoms with Gasteiger partial charge in [0.15, 0.2) is 0 Å². The molecule has 0 aliphatic carbocycles. The number of para-hydroxylation sites is 1. The normalized spacial score (nSPS) is 17.3. The number of anilines is 1. The molecule has 6 nitrogen and oxygen atoms in total. The van der Waals surface area contributed by atoms with Gasteiger partial charge in [0, 0.05) is 51.5 Å². The molecule has 2 saturated heterocycles. The molecule has 0 atom stereocenters. The Morgan fingerprint density at radius 2 is 1.61 bits per heavy atom. The van der Waals surface area contributed by atoms with Crippen LogP contribution in [0.15, 0.2) is 41.8 Å². The van der Waals surface area contributed by atoms with Gasteiger partial charge in [-0.25, -0.2) is 0 Å². The lowest BCUT2D eigenvalue weighted by atomic mass is 10.1. The summed E-state index contributed by atoms with van der Waals surface area (Å²) < 4.78 is 0. The third-order valence-corrected chi connectivity index (χ3v) is 7.04. The zero-order valence-corrected chi connectivity index (χ0v) is 19.1. The molecule has 0 spiro atoms. The standard InChI is InChI=1S/C24H32N4O2S/c1-25(18-20-8-3-4-9-21(20)26-11-5-2-6-12-26)19-23(29)27-13-15-28(16-14-27)24(30)22-10-7-17-31-22/h3-4,7-10,17H,2,5-6,11-16,18-19H2,1H3. The molecule has 31 heavy (non-hydrogen) atoms. The quantitative estimate of drug-likeness (QED) is 0.692. The third kappa shape index (κ3) is 5.46. The van der Waals surface area contributed by atoms with Crippen molar-refractivity contribution in [2.45, 2.75) is 25.8 Å². The Balaban J connectivity index is 1.28. The number of carbonyl (C=O) groups excluding carboxylic acids is 2. The summed E-state index contributed by atoms with van der Waals surface area (Å²) in [6.07, 6.45) is 3.83. The van der Waals surface area contributed by atoms with Crippen LogP contribution in [-0.4, -0.2) is 79.4 Å². The molecule has 0 saturated carbocycles. The fraction of sp³-hybridized carbons (Fsp3) is 0.500. The van der Waals surface area contributed by atoms with Gasteiger partial charge in [-0.15, -0.1) is 11.3 Å².